The zero-order valence-corrected chi connectivity index (χ0v) is 21.3. The van der Waals surface area contributed by atoms with Crippen molar-refractivity contribution in [3.05, 3.63) is 64.7 Å². The summed E-state index contributed by atoms with van der Waals surface area (Å²) in [6, 6.07) is 12.5. The van der Waals surface area contributed by atoms with E-state index in [1.54, 1.807) is 40.4 Å². The molecule has 2 aromatic heterocycles. The summed E-state index contributed by atoms with van der Waals surface area (Å²) in [6.07, 6.45) is 1.50. The third-order valence-corrected chi connectivity index (χ3v) is 6.47. The number of thiazole rings is 1. The van der Waals surface area contributed by atoms with Crippen LogP contribution in [0.5, 0.6) is 23.0 Å². The lowest BCUT2D eigenvalue weighted by Crippen LogP contribution is -2.12. The average molecular weight is 507 g/mol. The molecule has 36 heavy (non-hydrogen) atoms. The smallest absolute Gasteiger partial charge is 0.267 e. The molecule has 0 bridgehead atoms. The van der Waals surface area contributed by atoms with Crippen LogP contribution < -0.4 is 24.8 Å². The summed E-state index contributed by atoms with van der Waals surface area (Å²) in [5.41, 5.74) is 3.52. The van der Waals surface area contributed by atoms with Crippen molar-refractivity contribution in [2.24, 2.45) is 0 Å². The first-order chi connectivity index (χ1) is 17.3. The third-order valence-electron chi connectivity index (χ3n) is 5.56. The molecule has 0 aliphatic carbocycles. The highest BCUT2D eigenvalue weighted by atomic mass is 32.1. The van der Waals surface area contributed by atoms with Crippen LogP contribution in [-0.4, -0.2) is 42.3 Å². The van der Waals surface area contributed by atoms with E-state index < -0.39 is 0 Å². The normalized spacial score (nSPS) is 10.6. The molecule has 2 heterocycles. The lowest BCUT2D eigenvalue weighted by Gasteiger charge is -2.14. The standard InChI is InChI=1S/C26H26N4O5S/c1-14-9-10-18(31)15(2)23(14)30-25(32)21-13-27-26(36-21)29-22-8-6-7-17(28-22)16-11-19(33-3)24(35-5)20(12-16)34-4/h6-13,31H,1-5H3,(H,30,32)(H,27,28,29). The van der Waals surface area contributed by atoms with Gasteiger partial charge in [0.15, 0.2) is 16.6 Å². The van der Waals surface area contributed by atoms with Crippen LogP contribution in [0.25, 0.3) is 11.3 Å². The second kappa shape index (κ2) is 10.5. The molecule has 0 aliphatic rings. The Balaban J connectivity index is 1.54. The number of nitrogens with zero attached hydrogens (tertiary/aromatic N) is 2. The van der Waals surface area contributed by atoms with Crippen LogP contribution in [0.15, 0.2) is 48.7 Å². The number of phenolic OH excluding ortho intramolecular Hbond substituents is 1. The molecule has 0 aliphatic heterocycles. The summed E-state index contributed by atoms with van der Waals surface area (Å²) in [7, 11) is 4.68. The first-order valence-electron chi connectivity index (χ1n) is 11.0. The Bertz CT molecular complexity index is 1390. The van der Waals surface area contributed by atoms with E-state index in [1.165, 1.54) is 17.5 Å². The average Bonchev–Trinajstić information content (AvgIpc) is 3.36. The maximum atomic E-state index is 12.8. The number of hydrogen-bond donors (Lipinski definition) is 3. The molecule has 0 atom stereocenters. The predicted molar refractivity (Wildman–Crippen MR) is 140 cm³/mol. The van der Waals surface area contributed by atoms with Crippen molar-refractivity contribution in [1.29, 1.82) is 0 Å². The maximum Gasteiger partial charge on any atom is 0.267 e. The molecular weight excluding hydrogens is 480 g/mol. The number of methoxy groups -OCH3 is 3. The van der Waals surface area contributed by atoms with Crippen molar-refractivity contribution in [3.8, 4) is 34.3 Å². The third kappa shape index (κ3) is 5.03. The van der Waals surface area contributed by atoms with Gasteiger partial charge in [0.2, 0.25) is 5.75 Å². The van der Waals surface area contributed by atoms with Gasteiger partial charge in [0.25, 0.3) is 5.91 Å². The van der Waals surface area contributed by atoms with Gasteiger partial charge in [-0.2, -0.15) is 0 Å². The molecule has 0 spiro atoms. The van der Waals surface area contributed by atoms with Crippen molar-refractivity contribution in [1.82, 2.24) is 9.97 Å². The number of hydrogen-bond acceptors (Lipinski definition) is 9. The van der Waals surface area contributed by atoms with Crippen molar-refractivity contribution in [2.75, 3.05) is 32.0 Å². The van der Waals surface area contributed by atoms with Gasteiger partial charge in [0.05, 0.1) is 38.9 Å². The summed E-state index contributed by atoms with van der Waals surface area (Å²) >= 11 is 1.20. The first-order valence-corrected chi connectivity index (χ1v) is 11.8. The molecule has 9 nitrogen and oxygen atoms in total. The first kappa shape index (κ1) is 24.8. The molecule has 0 unspecified atom stereocenters. The van der Waals surface area contributed by atoms with E-state index >= 15 is 0 Å². The molecule has 3 N–H and O–H groups in total. The topological polar surface area (TPSA) is 115 Å². The van der Waals surface area contributed by atoms with E-state index in [4.69, 9.17) is 14.2 Å². The molecule has 4 rings (SSSR count). The number of carbonyl (C=O) groups is 1. The summed E-state index contributed by atoms with van der Waals surface area (Å²) in [4.78, 5) is 22.2. The predicted octanol–water partition coefficient (Wildman–Crippen LogP) is 5.55. The van der Waals surface area contributed by atoms with E-state index in [2.05, 4.69) is 20.6 Å². The van der Waals surface area contributed by atoms with Gasteiger partial charge in [-0.25, -0.2) is 9.97 Å². The summed E-state index contributed by atoms with van der Waals surface area (Å²) < 4.78 is 16.3. The summed E-state index contributed by atoms with van der Waals surface area (Å²) in [6.45, 7) is 3.62. The van der Waals surface area contributed by atoms with Crippen LogP contribution in [-0.2, 0) is 0 Å². The van der Waals surface area contributed by atoms with Crippen LogP contribution in [0.2, 0.25) is 0 Å². The number of rotatable bonds is 8. The number of aromatic nitrogens is 2. The number of carbonyl (C=O) groups excluding carboxylic acids is 1. The van der Waals surface area contributed by atoms with Gasteiger partial charge in [0, 0.05) is 11.1 Å². The van der Waals surface area contributed by atoms with E-state index in [0.717, 1.165) is 11.1 Å². The SMILES string of the molecule is COc1cc(-c2cccc(Nc3ncc(C(=O)Nc4c(C)ccc(O)c4C)s3)n2)cc(OC)c1OC. The Hall–Kier alpha value is -4.31. The minimum Gasteiger partial charge on any atom is -0.508 e. The molecule has 2 aromatic carbocycles. The quantitative estimate of drug-likeness (QED) is 0.285. The van der Waals surface area contributed by atoms with Crippen molar-refractivity contribution in [3.63, 3.8) is 0 Å². The Morgan fingerprint density at radius 1 is 1.00 bits per heavy atom. The summed E-state index contributed by atoms with van der Waals surface area (Å²) in [5, 5.41) is 16.5. The second-order valence-electron chi connectivity index (χ2n) is 7.83. The highest BCUT2D eigenvalue weighted by molar-refractivity contribution is 7.17. The molecule has 186 valence electrons. The zero-order valence-electron chi connectivity index (χ0n) is 20.5. The Kier molecular flexibility index (Phi) is 7.25. The fraction of sp³-hybridized carbons (Fsp3) is 0.192. The van der Waals surface area contributed by atoms with Gasteiger partial charge in [-0.3, -0.25) is 4.79 Å². The number of aromatic hydroxyl groups is 1. The molecular formula is C26H26N4O5S. The molecule has 1 amide bonds. The lowest BCUT2D eigenvalue weighted by atomic mass is 10.1. The number of phenols is 1. The van der Waals surface area contributed by atoms with E-state index in [1.807, 2.05) is 37.3 Å². The molecule has 0 radical (unpaired) electrons. The van der Waals surface area contributed by atoms with E-state index in [-0.39, 0.29) is 11.7 Å². The molecule has 0 saturated heterocycles. The minimum absolute atomic E-state index is 0.126. The number of amides is 1. The molecule has 10 heteroatoms. The highest BCUT2D eigenvalue weighted by Gasteiger charge is 2.17. The number of pyridine rings is 1. The minimum atomic E-state index is -0.309. The summed E-state index contributed by atoms with van der Waals surface area (Å²) in [5.74, 6) is 1.93. The van der Waals surface area contributed by atoms with Crippen molar-refractivity contribution < 1.29 is 24.1 Å². The largest absolute Gasteiger partial charge is 0.508 e. The van der Waals surface area contributed by atoms with E-state index in [9.17, 15) is 9.90 Å². The van der Waals surface area contributed by atoms with Gasteiger partial charge >= 0.3 is 0 Å². The van der Waals surface area contributed by atoms with Crippen molar-refractivity contribution in [2.45, 2.75) is 13.8 Å². The highest BCUT2D eigenvalue weighted by Crippen LogP contribution is 2.41. The second-order valence-corrected chi connectivity index (χ2v) is 8.86. The molecule has 0 fully saturated rings. The van der Waals surface area contributed by atoms with Crippen LogP contribution in [0.4, 0.5) is 16.6 Å². The van der Waals surface area contributed by atoms with Crippen LogP contribution in [0, 0.1) is 13.8 Å². The fourth-order valence-corrected chi connectivity index (χ4v) is 4.36. The van der Waals surface area contributed by atoms with Gasteiger partial charge in [-0.1, -0.05) is 23.5 Å². The van der Waals surface area contributed by atoms with Gasteiger partial charge in [0.1, 0.15) is 16.4 Å². The molecule has 4 aromatic rings. The number of ether oxygens (including phenoxy) is 3. The Morgan fingerprint density at radius 3 is 2.39 bits per heavy atom. The number of nitrogens with one attached hydrogen (secondary N) is 2. The monoisotopic (exact) mass is 506 g/mol. The number of aryl methyl sites for hydroxylation is 1. The zero-order chi connectivity index (χ0) is 25.8. The Morgan fingerprint density at radius 2 is 1.72 bits per heavy atom. The van der Waals surface area contributed by atoms with Crippen LogP contribution >= 0.6 is 11.3 Å². The van der Waals surface area contributed by atoms with Gasteiger partial charge < -0.3 is 30.0 Å². The van der Waals surface area contributed by atoms with Crippen LogP contribution in [0.1, 0.15) is 20.8 Å². The van der Waals surface area contributed by atoms with Crippen molar-refractivity contribution >= 4 is 33.9 Å². The lowest BCUT2D eigenvalue weighted by molar-refractivity contribution is 0.103. The Labute approximate surface area is 212 Å². The van der Waals surface area contributed by atoms with Gasteiger partial charge in [-0.05, 0) is 49.7 Å². The molecule has 0 saturated carbocycles. The van der Waals surface area contributed by atoms with E-state index in [0.29, 0.717) is 50.0 Å². The maximum absolute atomic E-state index is 12.8. The number of anilines is 3. The van der Waals surface area contributed by atoms with Crippen LogP contribution in [0.3, 0.4) is 0 Å². The fourth-order valence-electron chi connectivity index (χ4n) is 3.64. The van der Waals surface area contributed by atoms with Gasteiger partial charge in [-0.15, -0.1) is 0 Å². The number of benzene rings is 2.